The van der Waals surface area contributed by atoms with Crippen LogP contribution in [0.5, 0.6) is 5.75 Å². The zero-order chi connectivity index (χ0) is 12.1. The first-order valence-electron chi connectivity index (χ1n) is 4.95. The molecule has 0 aliphatic heterocycles. The van der Waals surface area contributed by atoms with Crippen molar-refractivity contribution >= 4 is 17.4 Å². The van der Waals surface area contributed by atoms with Crippen LogP contribution >= 0.6 is 11.6 Å². The Labute approximate surface area is 99.7 Å². The van der Waals surface area contributed by atoms with E-state index in [0.717, 1.165) is 0 Å². The van der Waals surface area contributed by atoms with Gasteiger partial charge in [0.1, 0.15) is 5.75 Å². The number of ether oxygens (including phenoxy) is 1. The van der Waals surface area contributed by atoms with Crippen LogP contribution in [0.2, 0.25) is 5.02 Å². The van der Waals surface area contributed by atoms with Gasteiger partial charge in [0, 0.05) is 0 Å². The first-order valence-corrected chi connectivity index (χ1v) is 5.33. The molecule has 0 saturated heterocycles. The van der Waals surface area contributed by atoms with Gasteiger partial charge in [-0.2, -0.15) is 0 Å². The Hall–Kier alpha value is -1.42. The summed E-state index contributed by atoms with van der Waals surface area (Å²) in [6, 6.07) is 5.16. The van der Waals surface area contributed by atoms with E-state index in [1.165, 1.54) is 0 Å². The predicted octanol–water partition coefficient (Wildman–Crippen LogP) is 2.47. The number of halogens is 1. The monoisotopic (exact) mass is 242 g/mol. The zero-order valence-electron chi connectivity index (χ0n) is 9.27. The van der Waals surface area contributed by atoms with Gasteiger partial charge in [-0.25, -0.2) is 0 Å². The van der Waals surface area contributed by atoms with Gasteiger partial charge < -0.3 is 15.7 Å². The minimum absolute atomic E-state index is 0.0515. The third-order valence-electron chi connectivity index (χ3n) is 1.91. The van der Waals surface area contributed by atoms with Crippen LogP contribution in [0.15, 0.2) is 23.4 Å². The van der Waals surface area contributed by atoms with Crippen molar-refractivity contribution in [2.24, 2.45) is 16.8 Å². The minimum Gasteiger partial charge on any atom is -0.492 e. The molecule has 1 rings (SSSR count). The summed E-state index contributed by atoms with van der Waals surface area (Å²) >= 11 is 5.97. The molecule has 1 aromatic rings. The quantitative estimate of drug-likeness (QED) is 0.369. The molecule has 0 atom stereocenters. The molecule has 0 fully saturated rings. The fourth-order valence-electron chi connectivity index (χ4n) is 1.18. The lowest BCUT2D eigenvalue weighted by atomic mass is 10.2. The lowest BCUT2D eigenvalue weighted by molar-refractivity contribution is 0.270. The first-order chi connectivity index (χ1) is 7.56. The fraction of sp³-hybridized carbons (Fsp3) is 0.364. The van der Waals surface area contributed by atoms with E-state index in [0.29, 0.717) is 28.9 Å². The van der Waals surface area contributed by atoms with Gasteiger partial charge in [-0.1, -0.05) is 36.7 Å². The Bertz CT molecular complexity index is 392. The van der Waals surface area contributed by atoms with Crippen molar-refractivity contribution in [1.29, 1.82) is 0 Å². The first kappa shape index (κ1) is 12.6. The van der Waals surface area contributed by atoms with Crippen LogP contribution in [0.1, 0.15) is 19.4 Å². The fourth-order valence-corrected chi connectivity index (χ4v) is 1.44. The van der Waals surface area contributed by atoms with E-state index in [1.54, 1.807) is 18.2 Å². The van der Waals surface area contributed by atoms with Crippen molar-refractivity contribution in [2.75, 3.05) is 6.61 Å². The normalized spacial score (nSPS) is 11.9. The number of oxime groups is 1. The van der Waals surface area contributed by atoms with Crippen LogP contribution < -0.4 is 10.5 Å². The molecule has 0 aliphatic carbocycles. The third kappa shape index (κ3) is 3.03. The SMILES string of the molecule is CC(C)COc1cccc(Cl)c1C(N)=NO. The van der Waals surface area contributed by atoms with E-state index in [9.17, 15) is 0 Å². The predicted molar refractivity (Wildman–Crippen MR) is 64.3 cm³/mol. The van der Waals surface area contributed by atoms with Crippen molar-refractivity contribution in [3.05, 3.63) is 28.8 Å². The lowest BCUT2D eigenvalue weighted by Gasteiger charge is -2.13. The molecule has 0 saturated carbocycles. The van der Waals surface area contributed by atoms with Gasteiger partial charge in [0.25, 0.3) is 0 Å². The van der Waals surface area contributed by atoms with Crippen molar-refractivity contribution in [2.45, 2.75) is 13.8 Å². The Morgan fingerprint density at radius 2 is 2.25 bits per heavy atom. The molecule has 1 aromatic carbocycles. The molecule has 3 N–H and O–H groups in total. The summed E-state index contributed by atoms with van der Waals surface area (Å²) in [6.45, 7) is 4.62. The van der Waals surface area contributed by atoms with Gasteiger partial charge in [-0.3, -0.25) is 0 Å². The highest BCUT2D eigenvalue weighted by Crippen LogP contribution is 2.26. The third-order valence-corrected chi connectivity index (χ3v) is 2.23. The maximum Gasteiger partial charge on any atom is 0.175 e. The number of nitrogens with two attached hydrogens (primary N) is 1. The summed E-state index contributed by atoms with van der Waals surface area (Å²) in [7, 11) is 0. The largest absolute Gasteiger partial charge is 0.492 e. The average Bonchev–Trinajstić information content (AvgIpc) is 2.25. The second-order valence-electron chi connectivity index (χ2n) is 3.80. The van der Waals surface area contributed by atoms with E-state index < -0.39 is 0 Å². The molecule has 0 heterocycles. The van der Waals surface area contributed by atoms with Crippen molar-refractivity contribution < 1.29 is 9.94 Å². The van der Waals surface area contributed by atoms with E-state index in [4.69, 9.17) is 27.3 Å². The second kappa shape index (κ2) is 5.61. The highest BCUT2D eigenvalue weighted by molar-refractivity contribution is 6.34. The molecule has 4 nitrogen and oxygen atoms in total. The summed E-state index contributed by atoms with van der Waals surface area (Å²) in [5.41, 5.74) is 5.96. The number of benzene rings is 1. The minimum atomic E-state index is -0.0515. The molecule has 0 amide bonds. The summed E-state index contributed by atoms with van der Waals surface area (Å²) in [4.78, 5) is 0. The number of nitrogens with zero attached hydrogens (tertiary/aromatic N) is 1. The van der Waals surface area contributed by atoms with Crippen molar-refractivity contribution in [3.63, 3.8) is 0 Å². The summed E-state index contributed by atoms with van der Waals surface area (Å²) < 4.78 is 5.55. The van der Waals surface area contributed by atoms with Crippen LogP contribution in [0.3, 0.4) is 0 Å². The topological polar surface area (TPSA) is 67.8 Å². The van der Waals surface area contributed by atoms with E-state index in [1.807, 2.05) is 13.8 Å². The Balaban J connectivity index is 3.03. The molecular formula is C11H15ClN2O2. The van der Waals surface area contributed by atoms with E-state index in [2.05, 4.69) is 5.16 Å². The summed E-state index contributed by atoms with van der Waals surface area (Å²) in [5, 5.41) is 12.0. The molecule has 0 spiro atoms. The number of hydrogen-bond acceptors (Lipinski definition) is 3. The number of hydrogen-bond donors (Lipinski definition) is 2. The van der Waals surface area contributed by atoms with Gasteiger partial charge in [0.15, 0.2) is 5.84 Å². The molecule has 0 bridgehead atoms. The van der Waals surface area contributed by atoms with Crippen molar-refractivity contribution in [3.8, 4) is 5.75 Å². The molecule has 0 aliphatic rings. The molecule has 88 valence electrons. The van der Waals surface area contributed by atoms with Crippen LogP contribution in [0.25, 0.3) is 0 Å². The maximum absolute atomic E-state index is 8.66. The van der Waals surface area contributed by atoms with Crippen molar-refractivity contribution in [1.82, 2.24) is 0 Å². The van der Waals surface area contributed by atoms with Gasteiger partial charge in [0.2, 0.25) is 0 Å². The average molecular weight is 243 g/mol. The van der Waals surface area contributed by atoms with Gasteiger partial charge in [-0.15, -0.1) is 0 Å². The summed E-state index contributed by atoms with van der Waals surface area (Å²) in [6.07, 6.45) is 0. The molecular weight excluding hydrogens is 228 g/mol. The molecule has 5 heteroatoms. The Morgan fingerprint density at radius 3 is 2.81 bits per heavy atom. The Kier molecular flexibility index (Phi) is 4.43. The molecule has 16 heavy (non-hydrogen) atoms. The van der Waals surface area contributed by atoms with Crippen LogP contribution in [0, 0.1) is 5.92 Å². The smallest absolute Gasteiger partial charge is 0.175 e. The number of rotatable bonds is 4. The standard InChI is InChI=1S/C11H15ClN2O2/c1-7(2)6-16-9-5-3-4-8(12)10(9)11(13)14-15/h3-5,7,15H,6H2,1-2H3,(H2,13,14). The van der Waals surface area contributed by atoms with Gasteiger partial charge in [0.05, 0.1) is 17.2 Å². The highest BCUT2D eigenvalue weighted by Gasteiger charge is 2.13. The summed E-state index contributed by atoms with van der Waals surface area (Å²) in [5.74, 6) is 0.861. The highest BCUT2D eigenvalue weighted by atomic mass is 35.5. The maximum atomic E-state index is 8.66. The second-order valence-corrected chi connectivity index (χ2v) is 4.21. The lowest BCUT2D eigenvalue weighted by Crippen LogP contribution is -2.16. The number of amidine groups is 1. The molecule has 0 radical (unpaired) electrons. The zero-order valence-corrected chi connectivity index (χ0v) is 10.0. The van der Waals surface area contributed by atoms with Crippen LogP contribution in [-0.4, -0.2) is 17.6 Å². The van der Waals surface area contributed by atoms with E-state index in [-0.39, 0.29) is 5.84 Å². The Morgan fingerprint density at radius 1 is 1.56 bits per heavy atom. The van der Waals surface area contributed by atoms with Gasteiger partial charge >= 0.3 is 0 Å². The molecule has 0 unspecified atom stereocenters. The van der Waals surface area contributed by atoms with Crippen LogP contribution in [-0.2, 0) is 0 Å². The van der Waals surface area contributed by atoms with Crippen LogP contribution in [0.4, 0.5) is 0 Å². The molecule has 0 aromatic heterocycles. The van der Waals surface area contributed by atoms with Gasteiger partial charge in [-0.05, 0) is 18.1 Å². The van der Waals surface area contributed by atoms with E-state index >= 15 is 0 Å².